The number of ether oxygens (including phenoxy) is 1. The van der Waals surface area contributed by atoms with Crippen molar-refractivity contribution in [2.24, 2.45) is 0 Å². The van der Waals surface area contributed by atoms with E-state index in [-0.39, 0.29) is 24.3 Å². The third-order valence-electron chi connectivity index (χ3n) is 3.83. The van der Waals surface area contributed by atoms with Crippen LogP contribution in [0.4, 0.5) is 11.4 Å². The van der Waals surface area contributed by atoms with E-state index in [9.17, 15) is 14.4 Å². The number of rotatable bonds is 7. The highest BCUT2D eigenvalue weighted by molar-refractivity contribution is 5.99. The molecular formula is C20H23N3O4. The van der Waals surface area contributed by atoms with E-state index < -0.39 is 0 Å². The van der Waals surface area contributed by atoms with Crippen molar-refractivity contribution in [3.05, 3.63) is 54.1 Å². The number of hydrogen-bond acceptors (Lipinski definition) is 4. The zero-order valence-electron chi connectivity index (χ0n) is 15.6. The van der Waals surface area contributed by atoms with Gasteiger partial charge in [-0.3, -0.25) is 14.4 Å². The molecule has 0 aliphatic carbocycles. The largest absolute Gasteiger partial charge is 0.497 e. The molecule has 0 aromatic heterocycles. The Kier molecular flexibility index (Phi) is 6.93. The van der Waals surface area contributed by atoms with E-state index >= 15 is 0 Å². The van der Waals surface area contributed by atoms with Gasteiger partial charge in [0.25, 0.3) is 5.91 Å². The van der Waals surface area contributed by atoms with Gasteiger partial charge in [-0.15, -0.1) is 0 Å². The highest BCUT2D eigenvalue weighted by Crippen LogP contribution is 2.15. The summed E-state index contributed by atoms with van der Waals surface area (Å²) in [5.74, 6) is -0.0280. The van der Waals surface area contributed by atoms with Gasteiger partial charge in [0, 0.05) is 30.4 Å². The minimum absolute atomic E-state index is 0.0607. The fourth-order valence-electron chi connectivity index (χ4n) is 2.46. The average molecular weight is 369 g/mol. The summed E-state index contributed by atoms with van der Waals surface area (Å²) >= 11 is 0. The zero-order chi connectivity index (χ0) is 19.8. The number of anilines is 2. The van der Waals surface area contributed by atoms with E-state index in [0.717, 1.165) is 0 Å². The van der Waals surface area contributed by atoms with Crippen molar-refractivity contribution in [2.45, 2.75) is 13.8 Å². The molecule has 7 nitrogen and oxygen atoms in total. The lowest BCUT2D eigenvalue weighted by Crippen LogP contribution is -2.37. The van der Waals surface area contributed by atoms with Gasteiger partial charge >= 0.3 is 0 Å². The van der Waals surface area contributed by atoms with Crippen LogP contribution in [-0.2, 0) is 9.59 Å². The molecule has 0 saturated heterocycles. The molecule has 0 atom stereocenters. The quantitative estimate of drug-likeness (QED) is 0.786. The molecule has 0 spiro atoms. The first-order valence-electron chi connectivity index (χ1n) is 8.53. The Bertz CT molecular complexity index is 801. The zero-order valence-corrected chi connectivity index (χ0v) is 15.6. The molecule has 0 heterocycles. The lowest BCUT2D eigenvalue weighted by molar-refractivity contribution is -0.117. The molecule has 7 heteroatoms. The molecule has 2 rings (SSSR count). The Morgan fingerprint density at radius 3 is 1.96 bits per heavy atom. The number of hydrogen-bond donors (Lipinski definition) is 2. The topological polar surface area (TPSA) is 87.7 Å². The third kappa shape index (κ3) is 5.85. The standard InChI is InChI=1S/C20H23N3O4/c1-4-23(20(26)15-5-11-18(27-3)12-6-15)13-19(25)22-17-9-7-16(8-10-17)21-14(2)24/h5-12H,4,13H2,1-3H3,(H,21,24)(H,22,25). The Balaban J connectivity index is 1.97. The molecule has 2 N–H and O–H groups in total. The maximum atomic E-state index is 12.6. The minimum Gasteiger partial charge on any atom is -0.497 e. The SMILES string of the molecule is CCN(CC(=O)Nc1ccc(NC(C)=O)cc1)C(=O)c1ccc(OC)cc1. The van der Waals surface area contributed by atoms with E-state index in [0.29, 0.717) is 29.2 Å². The molecule has 27 heavy (non-hydrogen) atoms. The molecular weight excluding hydrogens is 346 g/mol. The third-order valence-corrected chi connectivity index (χ3v) is 3.83. The second-order valence-corrected chi connectivity index (χ2v) is 5.85. The predicted molar refractivity (Wildman–Crippen MR) is 104 cm³/mol. The Labute approximate surface area is 158 Å². The van der Waals surface area contributed by atoms with Gasteiger partial charge in [-0.25, -0.2) is 0 Å². The number of carbonyl (C=O) groups is 3. The van der Waals surface area contributed by atoms with Gasteiger partial charge in [0.1, 0.15) is 12.3 Å². The Morgan fingerprint density at radius 2 is 1.48 bits per heavy atom. The van der Waals surface area contributed by atoms with Crippen molar-refractivity contribution in [2.75, 3.05) is 30.8 Å². The van der Waals surface area contributed by atoms with Gasteiger partial charge in [-0.1, -0.05) is 0 Å². The normalized spacial score (nSPS) is 10.0. The van der Waals surface area contributed by atoms with E-state index in [1.54, 1.807) is 55.6 Å². The molecule has 0 aliphatic heterocycles. The molecule has 2 aromatic rings. The highest BCUT2D eigenvalue weighted by Gasteiger charge is 2.17. The van der Waals surface area contributed by atoms with Crippen molar-refractivity contribution >= 4 is 29.1 Å². The maximum absolute atomic E-state index is 12.6. The van der Waals surface area contributed by atoms with Crippen LogP contribution >= 0.6 is 0 Å². The molecule has 0 saturated carbocycles. The summed E-state index contributed by atoms with van der Waals surface area (Å²) in [6.45, 7) is 3.58. The van der Waals surface area contributed by atoms with Crippen LogP contribution in [0.25, 0.3) is 0 Å². The number of nitrogens with zero attached hydrogens (tertiary/aromatic N) is 1. The molecule has 3 amide bonds. The van der Waals surface area contributed by atoms with Gasteiger partial charge in [0.2, 0.25) is 11.8 Å². The molecule has 0 radical (unpaired) electrons. The number of carbonyl (C=O) groups excluding carboxylic acids is 3. The van der Waals surface area contributed by atoms with Crippen LogP contribution in [0.1, 0.15) is 24.2 Å². The lowest BCUT2D eigenvalue weighted by atomic mass is 10.2. The molecule has 2 aromatic carbocycles. The fraction of sp³-hybridized carbons (Fsp3) is 0.250. The van der Waals surface area contributed by atoms with E-state index in [2.05, 4.69) is 10.6 Å². The maximum Gasteiger partial charge on any atom is 0.254 e. The molecule has 0 aliphatic rings. The number of nitrogens with one attached hydrogen (secondary N) is 2. The van der Waals surface area contributed by atoms with Crippen LogP contribution in [0.15, 0.2) is 48.5 Å². The van der Waals surface area contributed by atoms with Crippen LogP contribution in [0.5, 0.6) is 5.75 Å². The first kappa shape index (κ1) is 20.0. The first-order chi connectivity index (χ1) is 12.9. The van der Waals surface area contributed by atoms with Gasteiger partial charge in [-0.2, -0.15) is 0 Å². The lowest BCUT2D eigenvalue weighted by Gasteiger charge is -2.20. The smallest absolute Gasteiger partial charge is 0.254 e. The van der Waals surface area contributed by atoms with E-state index in [1.807, 2.05) is 6.92 Å². The van der Waals surface area contributed by atoms with Gasteiger partial charge in [0.15, 0.2) is 0 Å². The number of likely N-dealkylation sites (N-methyl/N-ethyl adjacent to an activating group) is 1. The van der Waals surface area contributed by atoms with Crippen LogP contribution in [-0.4, -0.2) is 42.8 Å². The van der Waals surface area contributed by atoms with Crippen molar-refractivity contribution in [1.82, 2.24) is 4.90 Å². The minimum atomic E-state index is -0.300. The second kappa shape index (κ2) is 9.38. The number of benzene rings is 2. The summed E-state index contributed by atoms with van der Waals surface area (Å²) in [5, 5.41) is 5.40. The Hall–Kier alpha value is -3.35. The summed E-state index contributed by atoms with van der Waals surface area (Å²) in [5.41, 5.74) is 1.72. The second-order valence-electron chi connectivity index (χ2n) is 5.85. The monoisotopic (exact) mass is 369 g/mol. The molecule has 0 unspecified atom stereocenters. The predicted octanol–water partition coefficient (Wildman–Crippen LogP) is 2.75. The van der Waals surface area contributed by atoms with Crippen LogP contribution in [0.3, 0.4) is 0 Å². The first-order valence-corrected chi connectivity index (χ1v) is 8.53. The number of methoxy groups -OCH3 is 1. The van der Waals surface area contributed by atoms with Gasteiger partial charge < -0.3 is 20.3 Å². The summed E-state index contributed by atoms with van der Waals surface area (Å²) < 4.78 is 5.08. The van der Waals surface area contributed by atoms with Crippen LogP contribution in [0, 0.1) is 0 Å². The fourth-order valence-corrected chi connectivity index (χ4v) is 2.46. The number of amides is 3. The van der Waals surface area contributed by atoms with Gasteiger partial charge in [0.05, 0.1) is 7.11 Å². The van der Waals surface area contributed by atoms with E-state index in [1.165, 1.54) is 11.8 Å². The molecule has 142 valence electrons. The highest BCUT2D eigenvalue weighted by atomic mass is 16.5. The summed E-state index contributed by atoms with van der Waals surface area (Å²) in [7, 11) is 1.56. The molecule has 0 bridgehead atoms. The van der Waals surface area contributed by atoms with Crippen LogP contribution in [0.2, 0.25) is 0 Å². The van der Waals surface area contributed by atoms with Crippen molar-refractivity contribution in [1.29, 1.82) is 0 Å². The van der Waals surface area contributed by atoms with E-state index in [4.69, 9.17) is 4.74 Å². The van der Waals surface area contributed by atoms with Crippen molar-refractivity contribution < 1.29 is 19.1 Å². The summed E-state index contributed by atoms with van der Waals surface area (Å²) in [4.78, 5) is 37.3. The molecule has 0 fully saturated rings. The van der Waals surface area contributed by atoms with Crippen LogP contribution < -0.4 is 15.4 Å². The summed E-state index contributed by atoms with van der Waals surface area (Å²) in [6.07, 6.45) is 0. The Morgan fingerprint density at radius 1 is 0.926 bits per heavy atom. The van der Waals surface area contributed by atoms with Crippen molar-refractivity contribution in [3.63, 3.8) is 0 Å². The average Bonchev–Trinajstić information content (AvgIpc) is 2.67. The van der Waals surface area contributed by atoms with Gasteiger partial charge in [-0.05, 0) is 55.5 Å². The van der Waals surface area contributed by atoms with Crippen molar-refractivity contribution in [3.8, 4) is 5.75 Å². The summed E-state index contributed by atoms with van der Waals surface area (Å²) in [6, 6.07) is 13.5.